The third-order valence-electron chi connectivity index (χ3n) is 4.78. The van der Waals surface area contributed by atoms with Gasteiger partial charge in [-0.05, 0) is 54.6 Å². The van der Waals surface area contributed by atoms with E-state index < -0.39 is 17.7 Å². The average Bonchev–Trinajstić information content (AvgIpc) is 2.83. The molecule has 0 fully saturated rings. The minimum atomic E-state index is -4.43. The molecular weight excluding hydrogens is 463 g/mol. The third-order valence-corrected chi connectivity index (χ3v) is 4.78. The van der Waals surface area contributed by atoms with Gasteiger partial charge in [-0.25, -0.2) is 14.8 Å². The fraction of sp³-hybridized carbons (Fsp3) is 0.0417. The van der Waals surface area contributed by atoms with Crippen LogP contribution in [0, 0.1) is 0 Å². The van der Waals surface area contributed by atoms with Crippen molar-refractivity contribution in [2.75, 3.05) is 5.32 Å². The minimum Gasteiger partial charge on any atom is -0.508 e. The van der Waals surface area contributed by atoms with E-state index in [1.807, 2.05) is 0 Å². The van der Waals surface area contributed by atoms with Crippen molar-refractivity contribution >= 4 is 29.0 Å². The zero-order chi connectivity index (χ0) is 25.0. The fourth-order valence-electron chi connectivity index (χ4n) is 3.11. The molecule has 0 radical (unpaired) electrons. The monoisotopic (exact) mass is 479 g/mol. The molecule has 1 heterocycles. The molecule has 35 heavy (non-hydrogen) atoms. The zero-order valence-corrected chi connectivity index (χ0v) is 17.7. The van der Waals surface area contributed by atoms with Crippen LogP contribution < -0.4 is 5.32 Å². The lowest BCUT2D eigenvalue weighted by Crippen LogP contribution is -2.04. The first-order valence-electron chi connectivity index (χ1n) is 10.1. The van der Waals surface area contributed by atoms with Crippen LogP contribution in [-0.4, -0.2) is 26.2 Å². The molecule has 11 heteroatoms. The van der Waals surface area contributed by atoms with Gasteiger partial charge in [0.25, 0.3) is 0 Å². The van der Waals surface area contributed by atoms with Gasteiger partial charge in [0.05, 0.1) is 22.5 Å². The van der Waals surface area contributed by atoms with Crippen LogP contribution in [0.3, 0.4) is 0 Å². The first-order chi connectivity index (χ1) is 16.7. The van der Waals surface area contributed by atoms with Crippen LogP contribution in [0.1, 0.15) is 15.9 Å². The number of hydrogen-bond donors (Lipinski definition) is 3. The molecular formula is C24H16F3N5O3. The molecule has 0 aliphatic heterocycles. The van der Waals surface area contributed by atoms with Crippen LogP contribution in [-0.2, 0) is 6.18 Å². The van der Waals surface area contributed by atoms with Gasteiger partial charge >= 0.3 is 12.1 Å². The van der Waals surface area contributed by atoms with Crippen LogP contribution >= 0.6 is 0 Å². The number of nitrogens with zero attached hydrogens (tertiary/aromatic N) is 4. The molecule has 3 aromatic carbocycles. The van der Waals surface area contributed by atoms with Crippen LogP contribution in [0.15, 0.2) is 89.2 Å². The number of phenols is 1. The lowest BCUT2D eigenvalue weighted by Gasteiger charge is -2.10. The van der Waals surface area contributed by atoms with Crippen LogP contribution in [0.4, 0.5) is 36.2 Å². The maximum absolute atomic E-state index is 12.8. The normalized spacial score (nSPS) is 11.5. The Morgan fingerprint density at radius 3 is 2.34 bits per heavy atom. The lowest BCUT2D eigenvalue weighted by atomic mass is 10.1. The highest BCUT2D eigenvalue weighted by Gasteiger charge is 2.29. The molecule has 4 rings (SSSR count). The van der Waals surface area contributed by atoms with Crippen LogP contribution in [0.25, 0.3) is 11.3 Å². The number of benzene rings is 3. The van der Waals surface area contributed by atoms with Crippen LogP contribution in [0.2, 0.25) is 0 Å². The second kappa shape index (κ2) is 9.59. The Hall–Kier alpha value is -4.80. The van der Waals surface area contributed by atoms with Crippen molar-refractivity contribution in [1.82, 2.24) is 9.97 Å². The van der Waals surface area contributed by atoms with Crippen molar-refractivity contribution in [3.8, 4) is 17.0 Å². The SMILES string of the molecule is O=C(O)c1cc(O)ccc1N=Nc1ccccc1-c1ccnc(Nc2ccc(C(F)(F)F)cc2)n1. The quantitative estimate of drug-likeness (QED) is 0.264. The Balaban J connectivity index is 1.61. The van der Waals surface area contributed by atoms with E-state index in [4.69, 9.17) is 0 Å². The summed E-state index contributed by atoms with van der Waals surface area (Å²) in [6.45, 7) is 0. The number of aromatic hydroxyl groups is 1. The number of phenolic OH excluding ortho intramolecular Hbond substituents is 1. The fourth-order valence-corrected chi connectivity index (χ4v) is 3.11. The Morgan fingerprint density at radius 1 is 0.914 bits per heavy atom. The summed E-state index contributed by atoms with van der Waals surface area (Å²) in [4.78, 5) is 20.0. The highest BCUT2D eigenvalue weighted by Crippen LogP contribution is 2.33. The molecule has 176 valence electrons. The van der Waals surface area contributed by atoms with Crippen molar-refractivity contribution in [3.05, 3.63) is 90.1 Å². The number of anilines is 2. The zero-order valence-electron chi connectivity index (χ0n) is 17.7. The van der Waals surface area contributed by atoms with E-state index in [1.165, 1.54) is 30.5 Å². The number of halogens is 3. The summed E-state index contributed by atoms with van der Waals surface area (Å²) in [6.07, 6.45) is -2.95. The number of nitrogens with one attached hydrogen (secondary N) is 1. The number of aromatic nitrogens is 2. The van der Waals surface area contributed by atoms with Gasteiger partial charge in [0.1, 0.15) is 11.4 Å². The highest BCUT2D eigenvalue weighted by atomic mass is 19.4. The molecule has 8 nitrogen and oxygen atoms in total. The van der Waals surface area contributed by atoms with E-state index in [2.05, 4.69) is 25.5 Å². The van der Waals surface area contributed by atoms with E-state index >= 15 is 0 Å². The molecule has 0 saturated heterocycles. The van der Waals surface area contributed by atoms with Crippen molar-refractivity contribution in [1.29, 1.82) is 0 Å². The lowest BCUT2D eigenvalue weighted by molar-refractivity contribution is -0.137. The maximum atomic E-state index is 12.8. The predicted octanol–water partition coefficient (Wildman–Crippen LogP) is 6.73. The van der Waals surface area contributed by atoms with E-state index in [0.717, 1.165) is 18.2 Å². The smallest absolute Gasteiger partial charge is 0.416 e. The number of rotatable bonds is 6. The van der Waals surface area contributed by atoms with E-state index in [-0.39, 0.29) is 22.9 Å². The first-order valence-corrected chi connectivity index (χ1v) is 10.1. The summed E-state index contributed by atoms with van der Waals surface area (Å²) in [5.74, 6) is -1.32. The Morgan fingerprint density at radius 2 is 1.63 bits per heavy atom. The van der Waals surface area contributed by atoms with Crippen molar-refractivity contribution in [3.63, 3.8) is 0 Å². The largest absolute Gasteiger partial charge is 0.508 e. The summed E-state index contributed by atoms with van der Waals surface area (Å²) in [5, 5.41) is 29.9. The van der Waals surface area contributed by atoms with Gasteiger partial charge in [-0.3, -0.25) is 0 Å². The summed E-state index contributed by atoms with van der Waals surface area (Å²) in [5.41, 5.74) is 0.844. The standard InChI is InChI=1S/C24H16F3N5O3/c25-24(26,27)14-5-7-15(8-6-14)29-23-28-12-11-19(30-23)17-3-1-2-4-20(17)31-32-21-10-9-16(33)13-18(21)22(34)35/h1-13,33H,(H,34,35)(H,28,29,30). The number of hydrogen-bond acceptors (Lipinski definition) is 7. The molecule has 0 bridgehead atoms. The molecule has 3 N–H and O–H groups in total. The van der Waals surface area contributed by atoms with Gasteiger partial charge in [-0.1, -0.05) is 18.2 Å². The maximum Gasteiger partial charge on any atom is 0.416 e. The Bertz CT molecular complexity index is 1410. The molecule has 0 saturated carbocycles. The van der Waals surface area contributed by atoms with Crippen molar-refractivity contribution in [2.45, 2.75) is 6.18 Å². The second-order valence-electron chi connectivity index (χ2n) is 7.19. The molecule has 0 aliphatic carbocycles. The van der Waals surface area contributed by atoms with Crippen molar-refractivity contribution < 1.29 is 28.2 Å². The topological polar surface area (TPSA) is 120 Å². The summed E-state index contributed by atoms with van der Waals surface area (Å²) < 4.78 is 38.3. The summed E-state index contributed by atoms with van der Waals surface area (Å²) >= 11 is 0. The number of azo groups is 1. The summed E-state index contributed by atoms with van der Waals surface area (Å²) in [7, 11) is 0. The number of alkyl halides is 3. The van der Waals surface area contributed by atoms with Crippen molar-refractivity contribution in [2.24, 2.45) is 10.2 Å². The summed E-state index contributed by atoms with van der Waals surface area (Å²) in [6, 6.07) is 16.7. The third kappa shape index (κ3) is 5.58. The van der Waals surface area contributed by atoms with Gasteiger partial charge in [-0.15, -0.1) is 10.2 Å². The molecule has 0 spiro atoms. The number of carboxylic acids is 1. The molecule has 0 atom stereocenters. The Kier molecular flexibility index (Phi) is 6.40. The van der Waals surface area contributed by atoms with Gasteiger partial charge in [0, 0.05) is 17.4 Å². The highest BCUT2D eigenvalue weighted by molar-refractivity contribution is 5.93. The molecule has 0 aliphatic rings. The number of carbonyl (C=O) groups is 1. The average molecular weight is 479 g/mol. The number of aromatic carboxylic acids is 1. The molecule has 4 aromatic rings. The molecule has 1 aromatic heterocycles. The molecule has 0 unspecified atom stereocenters. The van der Waals surface area contributed by atoms with E-state index in [0.29, 0.717) is 22.6 Å². The van der Waals surface area contributed by atoms with Gasteiger partial charge < -0.3 is 15.5 Å². The van der Waals surface area contributed by atoms with E-state index in [9.17, 15) is 28.2 Å². The number of carboxylic acid groups (broad SMARTS) is 1. The van der Waals surface area contributed by atoms with Crippen LogP contribution in [0.5, 0.6) is 5.75 Å². The first kappa shape index (κ1) is 23.4. The van der Waals surface area contributed by atoms with Gasteiger partial charge in [0.15, 0.2) is 0 Å². The Labute approximate surface area is 196 Å². The van der Waals surface area contributed by atoms with Gasteiger partial charge in [-0.2, -0.15) is 13.2 Å². The molecule has 0 amide bonds. The predicted molar refractivity (Wildman–Crippen MR) is 121 cm³/mol. The minimum absolute atomic E-state index is 0.0532. The second-order valence-corrected chi connectivity index (χ2v) is 7.19. The van der Waals surface area contributed by atoms with E-state index in [1.54, 1.807) is 30.3 Å². The van der Waals surface area contributed by atoms with Gasteiger partial charge in [0.2, 0.25) is 5.95 Å².